The summed E-state index contributed by atoms with van der Waals surface area (Å²) >= 11 is 0. The zero-order chi connectivity index (χ0) is 16.1. The molecule has 0 saturated heterocycles. The Morgan fingerprint density at radius 1 is 1.26 bits per heavy atom. The average Bonchev–Trinajstić information content (AvgIpc) is 3.02. The molecular formula is C17H23N3O3. The van der Waals surface area contributed by atoms with Crippen LogP contribution in [0.25, 0.3) is 0 Å². The van der Waals surface area contributed by atoms with Crippen LogP contribution in [0, 0.1) is 0 Å². The Labute approximate surface area is 136 Å². The highest BCUT2D eigenvalue weighted by Gasteiger charge is 2.20. The van der Waals surface area contributed by atoms with Crippen molar-refractivity contribution in [2.75, 3.05) is 26.3 Å². The molecule has 6 nitrogen and oxygen atoms in total. The predicted octanol–water partition coefficient (Wildman–Crippen LogP) is 1.61. The molecule has 3 rings (SSSR count). The number of aromatic nitrogens is 2. The molecule has 1 aromatic heterocycles. The second-order valence-electron chi connectivity index (χ2n) is 5.73. The lowest BCUT2D eigenvalue weighted by Gasteiger charge is -2.28. The number of aliphatic hydroxyl groups is 1. The Bertz CT molecular complexity index is 612. The highest BCUT2D eigenvalue weighted by Crippen LogP contribution is 2.18. The van der Waals surface area contributed by atoms with Gasteiger partial charge in [-0.2, -0.15) is 5.10 Å². The molecule has 124 valence electrons. The Morgan fingerprint density at radius 3 is 2.74 bits per heavy atom. The van der Waals surface area contributed by atoms with E-state index >= 15 is 0 Å². The maximum atomic E-state index is 10.2. The molecule has 0 bridgehead atoms. The van der Waals surface area contributed by atoms with Gasteiger partial charge >= 0.3 is 0 Å². The number of benzene rings is 1. The number of hydrogen-bond donors (Lipinski definition) is 2. The van der Waals surface area contributed by atoms with Gasteiger partial charge in [-0.1, -0.05) is 0 Å². The van der Waals surface area contributed by atoms with E-state index in [-0.39, 0.29) is 6.61 Å². The van der Waals surface area contributed by atoms with E-state index in [2.05, 4.69) is 15.1 Å². The fraction of sp³-hybridized carbons (Fsp3) is 0.471. The second-order valence-corrected chi connectivity index (χ2v) is 5.73. The van der Waals surface area contributed by atoms with Crippen LogP contribution in [-0.4, -0.2) is 52.6 Å². The zero-order valence-electron chi connectivity index (χ0n) is 13.4. The van der Waals surface area contributed by atoms with Gasteiger partial charge in [-0.05, 0) is 31.2 Å². The minimum absolute atomic E-state index is 0.280. The molecule has 2 N–H and O–H groups in total. The molecular weight excluding hydrogens is 294 g/mol. The van der Waals surface area contributed by atoms with E-state index in [0.29, 0.717) is 13.2 Å². The van der Waals surface area contributed by atoms with Gasteiger partial charge < -0.3 is 14.6 Å². The monoisotopic (exact) mass is 317 g/mol. The highest BCUT2D eigenvalue weighted by atomic mass is 16.5. The standard InChI is InChI=1S/C17H23N3O3/c1-2-22-15-3-5-16(6-4-15)23-12-14(21)11-20-8-7-17-13(10-20)9-18-19-17/h3-6,9,14,21H,2,7-8,10-12H2,1H3,(H,18,19). The van der Waals surface area contributed by atoms with Crippen LogP contribution in [-0.2, 0) is 13.0 Å². The largest absolute Gasteiger partial charge is 0.494 e. The highest BCUT2D eigenvalue weighted by molar-refractivity contribution is 5.31. The number of rotatable bonds is 7. The summed E-state index contributed by atoms with van der Waals surface area (Å²) in [6, 6.07) is 7.46. The van der Waals surface area contributed by atoms with Gasteiger partial charge in [0.05, 0.1) is 12.8 Å². The van der Waals surface area contributed by atoms with Gasteiger partial charge in [0.15, 0.2) is 0 Å². The summed E-state index contributed by atoms with van der Waals surface area (Å²) in [5.74, 6) is 1.56. The van der Waals surface area contributed by atoms with Crippen LogP contribution in [0.2, 0.25) is 0 Å². The number of hydrogen-bond acceptors (Lipinski definition) is 5. The van der Waals surface area contributed by atoms with Crippen LogP contribution in [0.4, 0.5) is 0 Å². The SMILES string of the molecule is CCOc1ccc(OCC(O)CN2CCc3[nH]ncc3C2)cc1. The van der Waals surface area contributed by atoms with Crippen molar-refractivity contribution in [2.24, 2.45) is 0 Å². The van der Waals surface area contributed by atoms with Crippen LogP contribution >= 0.6 is 0 Å². The number of ether oxygens (including phenoxy) is 2. The van der Waals surface area contributed by atoms with Crippen LogP contribution in [0.5, 0.6) is 11.5 Å². The third kappa shape index (κ3) is 4.24. The molecule has 0 saturated carbocycles. The summed E-state index contributed by atoms with van der Waals surface area (Å²) in [4.78, 5) is 2.23. The number of nitrogens with zero attached hydrogens (tertiary/aromatic N) is 2. The quantitative estimate of drug-likeness (QED) is 0.812. The first-order chi connectivity index (χ1) is 11.2. The first kappa shape index (κ1) is 15.8. The molecule has 0 radical (unpaired) electrons. The van der Waals surface area contributed by atoms with Gasteiger partial charge in [-0.25, -0.2) is 0 Å². The third-order valence-corrected chi connectivity index (χ3v) is 3.93. The third-order valence-electron chi connectivity index (χ3n) is 3.93. The number of aliphatic hydroxyl groups excluding tert-OH is 1. The zero-order valence-corrected chi connectivity index (χ0v) is 13.4. The Kier molecular flexibility index (Phi) is 5.15. The summed E-state index contributed by atoms with van der Waals surface area (Å²) in [7, 11) is 0. The molecule has 2 heterocycles. The van der Waals surface area contributed by atoms with Gasteiger partial charge in [-0.15, -0.1) is 0 Å². The molecule has 1 unspecified atom stereocenters. The van der Waals surface area contributed by atoms with Crippen molar-refractivity contribution >= 4 is 0 Å². The summed E-state index contributed by atoms with van der Waals surface area (Å²) in [6.45, 7) is 5.23. The average molecular weight is 317 g/mol. The minimum Gasteiger partial charge on any atom is -0.494 e. The van der Waals surface area contributed by atoms with Crippen molar-refractivity contribution < 1.29 is 14.6 Å². The summed E-state index contributed by atoms with van der Waals surface area (Å²) in [6.07, 6.45) is 2.29. The smallest absolute Gasteiger partial charge is 0.119 e. The van der Waals surface area contributed by atoms with Crippen LogP contribution in [0.3, 0.4) is 0 Å². The van der Waals surface area contributed by atoms with E-state index in [1.807, 2.05) is 37.4 Å². The number of β-amino-alcohol motifs (C(OH)–C–C–N with tert-alkyl or cyclic N) is 1. The maximum Gasteiger partial charge on any atom is 0.119 e. The second kappa shape index (κ2) is 7.48. The normalized spacial score (nSPS) is 15.9. The summed E-state index contributed by atoms with van der Waals surface area (Å²) in [5.41, 5.74) is 2.43. The molecule has 0 spiro atoms. The Hall–Kier alpha value is -2.05. The fourth-order valence-corrected chi connectivity index (χ4v) is 2.78. The Morgan fingerprint density at radius 2 is 2.00 bits per heavy atom. The topological polar surface area (TPSA) is 70.6 Å². The van der Waals surface area contributed by atoms with E-state index < -0.39 is 6.10 Å². The van der Waals surface area contributed by atoms with Crippen molar-refractivity contribution in [1.82, 2.24) is 15.1 Å². The lowest BCUT2D eigenvalue weighted by atomic mass is 10.1. The summed E-state index contributed by atoms with van der Waals surface area (Å²) in [5, 5.41) is 17.3. The first-order valence-corrected chi connectivity index (χ1v) is 8.02. The van der Waals surface area contributed by atoms with Gasteiger partial charge in [0.1, 0.15) is 24.2 Å². The molecule has 0 amide bonds. The molecule has 0 fully saturated rings. The van der Waals surface area contributed by atoms with Crippen molar-refractivity contribution in [3.63, 3.8) is 0 Å². The van der Waals surface area contributed by atoms with Crippen molar-refractivity contribution in [3.8, 4) is 11.5 Å². The van der Waals surface area contributed by atoms with Crippen molar-refractivity contribution in [3.05, 3.63) is 41.7 Å². The van der Waals surface area contributed by atoms with Crippen LogP contribution in [0.1, 0.15) is 18.2 Å². The molecule has 1 atom stereocenters. The lowest BCUT2D eigenvalue weighted by molar-refractivity contribution is 0.0636. The van der Waals surface area contributed by atoms with Gasteiger partial charge in [0, 0.05) is 37.3 Å². The molecule has 1 aliphatic rings. The number of nitrogens with one attached hydrogen (secondary N) is 1. The number of H-pyrrole nitrogens is 1. The fourth-order valence-electron chi connectivity index (χ4n) is 2.78. The maximum absolute atomic E-state index is 10.2. The molecule has 0 aliphatic carbocycles. The van der Waals surface area contributed by atoms with E-state index in [0.717, 1.165) is 31.0 Å². The number of aromatic amines is 1. The summed E-state index contributed by atoms with van der Waals surface area (Å²) < 4.78 is 11.0. The minimum atomic E-state index is -0.519. The van der Waals surface area contributed by atoms with Gasteiger partial charge in [0.2, 0.25) is 0 Å². The van der Waals surface area contributed by atoms with Crippen molar-refractivity contribution in [2.45, 2.75) is 26.0 Å². The lowest BCUT2D eigenvalue weighted by Crippen LogP contribution is -2.38. The van der Waals surface area contributed by atoms with E-state index in [4.69, 9.17) is 9.47 Å². The van der Waals surface area contributed by atoms with Gasteiger partial charge in [-0.3, -0.25) is 10.00 Å². The van der Waals surface area contributed by atoms with Crippen LogP contribution < -0.4 is 9.47 Å². The van der Waals surface area contributed by atoms with Gasteiger partial charge in [0.25, 0.3) is 0 Å². The van der Waals surface area contributed by atoms with E-state index in [9.17, 15) is 5.11 Å². The molecule has 6 heteroatoms. The van der Waals surface area contributed by atoms with Crippen molar-refractivity contribution in [1.29, 1.82) is 0 Å². The predicted molar refractivity (Wildman–Crippen MR) is 86.7 cm³/mol. The van der Waals surface area contributed by atoms with E-state index in [1.165, 1.54) is 11.3 Å². The van der Waals surface area contributed by atoms with Crippen LogP contribution in [0.15, 0.2) is 30.5 Å². The first-order valence-electron chi connectivity index (χ1n) is 8.02. The molecule has 2 aromatic rings. The molecule has 1 aromatic carbocycles. The van der Waals surface area contributed by atoms with E-state index in [1.54, 1.807) is 0 Å². The Balaban J connectivity index is 1.44. The molecule has 23 heavy (non-hydrogen) atoms. The number of fused-ring (bicyclic) bond motifs is 1. The molecule has 1 aliphatic heterocycles.